The van der Waals surface area contributed by atoms with Crippen molar-refractivity contribution in [2.75, 3.05) is 10.2 Å². The van der Waals surface area contributed by atoms with E-state index in [-0.39, 0.29) is 6.17 Å². The molecule has 2 heteroatoms. The van der Waals surface area contributed by atoms with E-state index < -0.39 is 0 Å². The standard InChI is InChI=1S/C22H22N2/c1-15-11-13-18(14-12-15)22-23-19-9-4-5-10-20(19)24(22)21-16(2)7-6-8-17(21)3/h4-14,22-23H,1-3H3. The minimum atomic E-state index is 0.114. The van der Waals surface area contributed by atoms with E-state index in [1.165, 1.54) is 39.3 Å². The Balaban J connectivity index is 1.90. The molecule has 3 aromatic carbocycles. The van der Waals surface area contributed by atoms with Gasteiger partial charge in [-0.3, -0.25) is 0 Å². The quantitative estimate of drug-likeness (QED) is 0.636. The van der Waals surface area contributed by atoms with Crippen LogP contribution in [0.4, 0.5) is 17.1 Å². The third-order valence-corrected chi connectivity index (χ3v) is 4.79. The molecule has 1 aliphatic heterocycles. The minimum Gasteiger partial charge on any atom is -0.359 e. The Morgan fingerprint density at radius 3 is 2.12 bits per heavy atom. The molecule has 0 radical (unpaired) electrons. The number of fused-ring (bicyclic) bond motifs is 1. The predicted molar refractivity (Wildman–Crippen MR) is 102 cm³/mol. The molecule has 4 rings (SSSR count). The lowest BCUT2D eigenvalue weighted by Crippen LogP contribution is -2.24. The highest BCUT2D eigenvalue weighted by atomic mass is 15.3. The summed E-state index contributed by atoms with van der Waals surface area (Å²) in [5, 5.41) is 3.70. The van der Waals surface area contributed by atoms with Gasteiger partial charge in [0.1, 0.15) is 6.17 Å². The maximum absolute atomic E-state index is 3.70. The van der Waals surface area contributed by atoms with Gasteiger partial charge in [0.15, 0.2) is 0 Å². The molecule has 0 spiro atoms. The average Bonchev–Trinajstić information content (AvgIpc) is 2.95. The van der Waals surface area contributed by atoms with Crippen LogP contribution < -0.4 is 10.2 Å². The van der Waals surface area contributed by atoms with E-state index in [4.69, 9.17) is 0 Å². The third-order valence-electron chi connectivity index (χ3n) is 4.79. The van der Waals surface area contributed by atoms with Crippen LogP contribution in [0.1, 0.15) is 28.4 Å². The van der Waals surface area contributed by atoms with Crippen molar-refractivity contribution >= 4 is 17.1 Å². The highest BCUT2D eigenvalue weighted by Gasteiger charge is 2.32. The topological polar surface area (TPSA) is 15.3 Å². The number of benzene rings is 3. The Hall–Kier alpha value is -2.74. The van der Waals surface area contributed by atoms with E-state index in [9.17, 15) is 0 Å². The van der Waals surface area contributed by atoms with Gasteiger partial charge < -0.3 is 10.2 Å². The number of nitrogens with zero attached hydrogens (tertiary/aromatic N) is 1. The zero-order valence-electron chi connectivity index (χ0n) is 14.4. The molecule has 0 aromatic heterocycles. The van der Waals surface area contributed by atoms with Crippen molar-refractivity contribution in [3.8, 4) is 0 Å². The van der Waals surface area contributed by atoms with Crippen LogP contribution >= 0.6 is 0 Å². The summed E-state index contributed by atoms with van der Waals surface area (Å²) in [5.74, 6) is 0. The fraction of sp³-hybridized carbons (Fsp3) is 0.182. The van der Waals surface area contributed by atoms with Crippen LogP contribution in [-0.4, -0.2) is 0 Å². The Kier molecular flexibility index (Phi) is 3.53. The van der Waals surface area contributed by atoms with Gasteiger partial charge in [-0.15, -0.1) is 0 Å². The third kappa shape index (κ3) is 2.35. The van der Waals surface area contributed by atoms with Crippen molar-refractivity contribution in [3.63, 3.8) is 0 Å². The van der Waals surface area contributed by atoms with Gasteiger partial charge in [-0.25, -0.2) is 0 Å². The molecule has 24 heavy (non-hydrogen) atoms. The number of hydrogen-bond acceptors (Lipinski definition) is 2. The van der Waals surface area contributed by atoms with Crippen LogP contribution in [-0.2, 0) is 0 Å². The Bertz CT molecular complexity index is 860. The summed E-state index contributed by atoms with van der Waals surface area (Å²) >= 11 is 0. The zero-order valence-corrected chi connectivity index (χ0v) is 14.4. The summed E-state index contributed by atoms with van der Waals surface area (Å²) in [4.78, 5) is 2.44. The molecule has 1 N–H and O–H groups in total. The minimum absolute atomic E-state index is 0.114. The van der Waals surface area contributed by atoms with E-state index in [2.05, 4.69) is 97.7 Å². The summed E-state index contributed by atoms with van der Waals surface area (Å²) in [7, 11) is 0. The van der Waals surface area contributed by atoms with Gasteiger partial charge in [0, 0.05) is 5.69 Å². The number of rotatable bonds is 2. The molecule has 2 nitrogen and oxygen atoms in total. The molecule has 0 bridgehead atoms. The molecular formula is C22H22N2. The Labute approximate surface area is 143 Å². The molecule has 3 aromatic rings. The van der Waals surface area contributed by atoms with Gasteiger partial charge in [0.2, 0.25) is 0 Å². The predicted octanol–water partition coefficient (Wildman–Crippen LogP) is 5.87. The fourth-order valence-electron chi connectivity index (χ4n) is 3.57. The van der Waals surface area contributed by atoms with E-state index in [0.29, 0.717) is 0 Å². The molecule has 1 heterocycles. The molecule has 0 fully saturated rings. The van der Waals surface area contributed by atoms with Gasteiger partial charge >= 0.3 is 0 Å². The van der Waals surface area contributed by atoms with Crippen molar-refractivity contribution in [2.24, 2.45) is 0 Å². The highest BCUT2D eigenvalue weighted by Crippen LogP contribution is 2.47. The van der Waals surface area contributed by atoms with Crippen LogP contribution in [0.5, 0.6) is 0 Å². The van der Waals surface area contributed by atoms with Crippen LogP contribution in [0.25, 0.3) is 0 Å². The Morgan fingerprint density at radius 1 is 0.750 bits per heavy atom. The van der Waals surface area contributed by atoms with E-state index in [0.717, 1.165) is 0 Å². The Morgan fingerprint density at radius 2 is 1.42 bits per heavy atom. The van der Waals surface area contributed by atoms with Gasteiger partial charge in [-0.2, -0.15) is 0 Å². The molecule has 0 aliphatic carbocycles. The van der Waals surface area contributed by atoms with Crippen LogP contribution in [0.3, 0.4) is 0 Å². The molecule has 120 valence electrons. The molecular weight excluding hydrogens is 292 g/mol. The lowest BCUT2D eigenvalue weighted by Gasteiger charge is -2.30. The lowest BCUT2D eigenvalue weighted by atomic mass is 10.0. The average molecular weight is 314 g/mol. The first kappa shape index (κ1) is 14.8. The second-order valence-electron chi connectivity index (χ2n) is 6.59. The van der Waals surface area contributed by atoms with E-state index >= 15 is 0 Å². The highest BCUT2D eigenvalue weighted by molar-refractivity contribution is 5.85. The normalized spacial score (nSPS) is 16.0. The van der Waals surface area contributed by atoms with Crippen LogP contribution in [0.15, 0.2) is 66.7 Å². The maximum Gasteiger partial charge on any atom is 0.130 e. The van der Waals surface area contributed by atoms with Crippen molar-refractivity contribution in [3.05, 3.63) is 89.0 Å². The molecule has 0 saturated heterocycles. The molecule has 1 atom stereocenters. The first-order chi connectivity index (χ1) is 11.6. The second kappa shape index (κ2) is 5.72. The molecule has 0 saturated carbocycles. The number of aryl methyl sites for hydroxylation is 3. The molecule has 1 unspecified atom stereocenters. The summed E-state index contributed by atoms with van der Waals surface area (Å²) in [6.45, 7) is 6.51. The van der Waals surface area contributed by atoms with E-state index in [1.54, 1.807) is 0 Å². The lowest BCUT2D eigenvalue weighted by molar-refractivity contribution is 0.822. The van der Waals surface area contributed by atoms with Gasteiger partial charge in [0.05, 0.1) is 11.4 Å². The van der Waals surface area contributed by atoms with Gasteiger partial charge in [0.25, 0.3) is 0 Å². The van der Waals surface area contributed by atoms with Gasteiger partial charge in [-0.05, 0) is 49.6 Å². The maximum atomic E-state index is 3.70. The smallest absolute Gasteiger partial charge is 0.130 e. The summed E-state index contributed by atoms with van der Waals surface area (Å²) in [5.41, 5.74) is 8.87. The first-order valence-electron chi connectivity index (χ1n) is 8.43. The summed E-state index contributed by atoms with van der Waals surface area (Å²) in [6.07, 6.45) is 0.114. The van der Waals surface area contributed by atoms with Crippen molar-refractivity contribution in [1.82, 2.24) is 0 Å². The largest absolute Gasteiger partial charge is 0.359 e. The van der Waals surface area contributed by atoms with Crippen molar-refractivity contribution in [2.45, 2.75) is 26.9 Å². The number of para-hydroxylation sites is 3. The van der Waals surface area contributed by atoms with Crippen LogP contribution in [0.2, 0.25) is 0 Å². The van der Waals surface area contributed by atoms with Crippen molar-refractivity contribution in [1.29, 1.82) is 0 Å². The van der Waals surface area contributed by atoms with Crippen LogP contribution in [0, 0.1) is 20.8 Å². The first-order valence-corrected chi connectivity index (χ1v) is 8.43. The zero-order chi connectivity index (χ0) is 16.7. The monoisotopic (exact) mass is 314 g/mol. The number of anilines is 3. The SMILES string of the molecule is Cc1ccc(C2Nc3ccccc3N2c2c(C)cccc2C)cc1. The molecule has 1 aliphatic rings. The van der Waals surface area contributed by atoms with Crippen molar-refractivity contribution < 1.29 is 0 Å². The summed E-state index contributed by atoms with van der Waals surface area (Å²) < 4.78 is 0. The number of hydrogen-bond donors (Lipinski definition) is 1. The van der Waals surface area contributed by atoms with Gasteiger partial charge in [-0.1, -0.05) is 60.2 Å². The summed E-state index contributed by atoms with van der Waals surface area (Å²) in [6, 6.07) is 23.9. The fourth-order valence-corrected chi connectivity index (χ4v) is 3.57. The van der Waals surface area contributed by atoms with E-state index in [1.807, 2.05) is 0 Å². The number of nitrogens with one attached hydrogen (secondary N) is 1. The molecule has 0 amide bonds. The second-order valence-corrected chi connectivity index (χ2v) is 6.59.